The predicted octanol–water partition coefficient (Wildman–Crippen LogP) is 3.05. The van der Waals surface area contributed by atoms with Gasteiger partial charge in [-0.05, 0) is 54.4 Å². The molecule has 5 rings (SSSR count). The van der Waals surface area contributed by atoms with Gasteiger partial charge < -0.3 is 10.4 Å². The number of anilines is 1. The molecular weight excluding hydrogens is 302 g/mol. The zero-order chi connectivity index (χ0) is 15.4. The highest BCUT2D eigenvalue weighted by Crippen LogP contribution is 2.63. The summed E-state index contributed by atoms with van der Waals surface area (Å²) in [4.78, 5) is 24.4. The third-order valence-electron chi connectivity index (χ3n) is 5.35. The Hall–Kier alpha value is -1.81. The van der Waals surface area contributed by atoms with E-state index in [1.54, 1.807) is 24.3 Å². The van der Waals surface area contributed by atoms with Crippen LogP contribution in [0.5, 0.6) is 0 Å². The SMILES string of the molecule is O=C(O)[C@@H]1[C@H]2C=C[C@@H]([C@@H]3C[C@H]23)[C@H]1C(=O)Nc1ccc(Cl)cc1. The van der Waals surface area contributed by atoms with E-state index in [0.29, 0.717) is 22.5 Å². The standard InChI is InChI=1S/C17H16ClNO3/c18-8-1-3-9(4-2-8)19-16(20)14-10-5-6-11(13-7-12(10)13)15(14)17(21)22/h1-6,10-15H,7H2,(H,19,20)(H,21,22)/t10-,11-,12-,13+,14+,15+/m0/s1. The number of hydrogen-bond donors (Lipinski definition) is 2. The maximum atomic E-state index is 12.7. The highest BCUT2D eigenvalue weighted by molar-refractivity contribution is 6.30. The van der Waals surface area contributed by atoms with E-state index in [-0.39, 0.29) is 17.7 Å². The van der Waals surface area contributed by atoms with Crippen LogP contribution in [0.15, 0.2) is 36.4 Å². The van der Waals surface area contributed by atoms with Gasteiger partial charge >= 0.3 is 5.97 Å². The largest absolute Gasteiger partial charge is 0.481 e. The van der Waals surface area contributed by atoms with Gasteiger partial charge in [0.25, 0.3) is 0 Å². The Kier molecular flexibility index (Phi) is 3.05. The van der Waals surface area contributed by atoms with Gasteiger partial charge in [-0.1, -0.05) is 23.8 Å². The van der Waals surface area contributed by atoms with Crippen molar-refractivity contribution < 1.29 is 14.7 Å². The van der Waals surface area contributed by atoms with Gasteiger partial charge in [-0.3, -0.25) is 9.59 Å². The Morgan fingerprint density at radius 3 is 2.23 bits per heavy atom. The summed E-state index contributed by atoms with van der Waals surface area (Å²) in [5, 5.41) is 13.0. The first-order chi connectivity index (χ1) is 10.6. The number of amides is 1. The molecule has 4 aliphatic rings. The quantitative estimate of drug-likeness (QED) is 0.842. The van der Waals surface area contributed by atoms with Crippen molar-refractivity contribution in [1.82, 2.24) is 0 Å². The molecule has 22 heavy (non-hydrogen) atoms. The molecule has 0 spiro atoms. The number of aliphatic carboxylic acids is 1. The molecular formula is C17H16ClNO3. The van der Waals surface area contributed by atoms with E-state index in [0.717, 1.165) is 6.42 Å². The van der Waals surface area contributed by atoms with Crippen LogP contribution in [0.1, 0.15) is 6.42 Å². The summed E-state index contributed by atoms with van der Waals surface area (Å²) in [5.74, 6) is -1.11. The Labute approximate surface area is 133 Å². The fourth-order valence-electron chi connectivity index (χ4n) is 4.33. The van der Waals surface area contributed by atoms with Gasteiger partial charge in [0.1, 0.15) is 0 Å². The maximum Gasteiger partial charge on any atom is 0.307 e. The summed E-state index contributed by atoms with van der Waals surface area (Å²) < 4.78 is 0. The van der Waals surface area contributed by atoms with E-state index < -0.39 is 17.8 Å². The lowest BCUT2D eigenvalue weighted by atomic mass is 9.62. The van der Waals surface area contributed by atoms with E-state index in [2.05, 4.69) is 11.4 Å². The molecule has 4 nitrogen and oxygen atoms in total. The lowest BCUT2D eigenvalue weighted by molar-refractivity contribution is -0.152. The van der Waals surface area contributed by atoms with Crippen LogP contribution in [0.2, 0.25) is 5.02 Å². The maximum absolute atomic E-state index is 12.7. The topological polar surface area (TPSA) is 66.4 Å². The number of hydrogen-bond acceptors (Lipinski definition) is 2. The minimum Gasteiger partial charge on any atom is -0.481 e. The van der Waals surface area contributed by atoms with Gasteiger partial charge in [-0.2, -0.15) is 0 Å². The van der Waals surface area contributed by atoms with Crippen LogP contribution in [0.4, 0.5) is 5.69 Å². The van der Waals surface area contributed by atoms with Crippen molar-refractivity contribution in [2.75, 3.05) is 5.32 Å². The summed E-state index contributed by atoms with van der Waals surface area (Å²) in [6.07, 6.45) is 5.13. The van der Waals surface area contributed by atoms with E-state index >= 15 is 0 Å². The molecule has 2 N–H and O–H groups in total. The lowest BCUT2D eigenvalue weighted by Gasteiger charge is -2.41. The molecule has 1 amide bonds. The van der Waals surface area contributed by atoms with Crippen molar-refractivity contribution >= 4 is 29.2 Å². The van der Waals surface area contributed by atoms with Gasteiger partial charge in [-0.15, -0.1) is 0 Å². The number of rotatable bonds is 3. The zero-order valence-corrected chi connectivity index (χ0v) is 12.5. The fourth-order valence-corrected chi connectivity index (χ4v) is 4.45. The summed E-state index contributed by atoms with van der Waals surface area (Å²) in [5.41, 5.74) is 0.649. The van der Waals surface area contributed by atoms with E-state index in [1.165, 1.54) is 0 Å². The Balaban J connectivity index is 1.60. The Morgan fingerprint density at radius 1 is 1.05 bits per heavy atom. The van der Waals surface area contributed by atoms with Crippen LogP contribution in [0.25, 0.3) is 0 Å². The van der Waals surface area contributed by atoms with Crippen molar-refractivity contribution in [3.8, 4) is 0 Å². The smallest absolute Gasteiger partial charge is 0.307 e. The van der Waals surface area contributed by atoms with Crippen LogP contribution >= 0.6 is 11.6 Å². The molecule has 0 radical (unpaired) electrons. The van der Waals surface area contributed by atoms with Crippen LogP contribution < -0.4 is 5.32 Å². The minimum absolute atomic E-state index is 0.00784. The monoisotopic (exact) mass is 317 g/mol. The summed E-state index contributed by atoms with van der Waals surface area (Å²) >= 11 is 5.84. The molecule has 0 unspecified atom stereocenters. The van der Waals surface area contributed by atoms with E-state index in [9.17, 15) is 14.7 Å². The average molecular weight is 318 g/mol. The molecule has 1 aromatic rings. The first-order valence-corrected chi connectivity index (χ1v) is 7.91. The number of carbonyl (C=O) groups excluding carboxylic acids is 1. The van der Waals surface area contributed by atoms with Gasteiger partial charge in [0, 0.05) is 10.7 Å². The zero-order valence-electron chi connectivity index (χ0n) is 11.8. The summed E-state index contributed by atoms with van der Waals surface area (Å²) in [6, 6.07) is 6.87. The number of carbonyl (C=O) groups is 2. The normalized spacial score (nSPS) is 37.5. The van der Waals surface area contributed by atoms with Crippen molar-refractivity contribution in [3.63, 3.8) is 0 Å². The Bertz CT molecular complexity index is 669. The number of carboxylic acids is 1. The molecule has 0 aliphatic heterocycles. The second-order valence-corrected chi connectivity index (χ2v) is 6.93. The van der Waals surface area contributed by atoms with Crippen LogP contribution in [-0.2, 0) is 9.59 Å². The van der Waals surface area contributed by atoms with Gasteiger partial charge in [-0.25, -0.2) is 0 Å². The second-order valence-electron chi connectivity index (χ2n) is 6.49. The average Bonchev–Trinajstić information content (AvgIpc) is 3.30. The molecule has 2 fully saturated rings. The molecule has 2 bridgehead atoms. The molecule has 0 aromatic heterocycles. The summed E-state index contributed by atoms with van der Waals surface area (Å²) in [7, 11) is 0. The second kappa shape index (κ2) is 4.85. The third-order valence-corrected chi connectivity index (χ3v) is 5.60. The molecule has 2 saturated carbocycles. The van der Waals surface area contributed by atoms with E-state index in [4.69, 9.17) is 11.6 Å². The molecule has 0 heterocycles. The number of halogens is 1. The lowest BCUT2D eigenvalue weighted by Crippen LogP contribution is -2.48. The predicted molar refractivity (Wildman–Crippen MR) is 82.4 cm³/mol. The van der Waals surface area contributed by atoms with Crippen LogP contribution in [0, 0.1) is 35.5 Å². The Morgan fingerprint density at radius 2 is 1.64 bits per heavy atom. The van der Waals surface area contributed by atoms with Gasteiger partial charge in [0.15, 0.2) is 0 Å². The number of allylic oxidation sites excluding steroid dienone is 2. The molecule has 5 heteroatoms. The van der Waals surface area contributed by atoms with Crippen molar-refractivity contribution in [2.45, 2.75) is 6.42 Å². The minimum atomic E-state index is -0.860. The highest BCUT2D eigenvalue weighted by atomic mass is 35.5. The number of benzene rings is 1. The molecule has 114 valence electrons. The van der Waals surface area contributed by atoms with E-state index in [1.807, 2.05) is 6.08 Å². The van der Waals surface area contributed by atoms with Crippen LogP contribution in [0.3, 0.4) is 0 Å². The van der Waals surface area contributed by atoms with Crippen LogP contribution in [-0.4, -0.2) is 17.0 Å². The molecule has 1 aromatic carbocycles. The molecule has 0 saturated heterocycles. The number of carboxylic acid groups (broad SMARTS) is 1. The first-order valence-electron chi connectivity index (χ1n) is 7.54. The van der Waals surface area contributed by atoms with Crippen molar-refractivity contribution in [3.05, 3.63) is 41.4 Å². The third kappa shape index (κ3) is 2.05. The van der Waals surface area contributed by atoms with Gasteiger partial charge in [0.05, 0.1) is 11.8 Å². The van der Waals surface area contributed by atoms with Crippen molar-refractivity contribution in [1.29, 1.82) is 0 Å². The number of fused-ring (bicyclic) bond motifs is 1. The summed E-state index contributed by atoms with van der Waals surface area (Å²) in [6.45, 7) is 0. The highest BCUT2D eigenvalue weighted by Gasteiger charge is 2.62. The number of nitrogens with one attached hydrogen (secondary N) is 1. The fraction of sp³-hybridized carbons (Fsp3) is 0.412. The molecule has 6 atom stereocenters. The first kappa shape index (κ1) is 13.8. The van der Waals surface area contributed by atoms with Crippen molar-refractivity contribution in [2.24, 2.45) is 35.5 Å². The molecule has 4 aliphatic carbocycles. The van der Waals surface area contributed by atoms with Gasteiger partial charge in [0.2, 0.25) is 5.91 Å².